The Morgan fingerprint density at radius 2 is 1.10 bits per heavy atom. The van der Waals surface area contributed by atoms with Crippen molar-refractivity contribution in [2.24, 2.45) is 0 Å². The van der Waals surface area contributed by atoms with Crippen LogP contribution in [0.15, 0.2) is 121 Å². The molecule has 7 heteroatoms. The molecule has 0 saturated carbocycles. The van der Waals surface area contributed by atoms with E-state index in [2.05, 4.69) is 60.8 Å². The molecule has 42 heavy (non-hydrogen) atoms. The minimum atomic E-state index is -3.60. The lowest BCUT2D eigenvalue weighted by Crippen LogP contribution is -2.55. The highest BCUT2D eigenvalue weighted by molar-refractivity contribution is 7.89. The van der Waals surface area contributed by atoms with Crippen molar-refractivity contribution >= 4 is 18.1 Å². The van der Waals surface area contributed by atoms with E-state index in [0.717, 1.165) is 22.3 Å². The van der Waals surface area contributed by atoms with Gasteiger partial charge < -0.3 is 9.47 Å². The molecular weight excluding hydrogens is 559 g/mol. The van der Waals surface area contributed by atoms with Crippen LogP contribution in [0.4, 0.5) is 0 Å². The Kier molecular flexibility index (Phi) is 10.6. The first-order valence-electron chi connectivity index (χ1n) is 14.5. The number of benzene rings is 4. The van der Waals surface area contributed by atoms with Crippen LogP contribution in [0, 0.1) is 0 Å². The van der Waals surface area contributed by atoms with Gasteiger partial charge >= 0.3 is 0 Å². The summed E-state index contributed by atoms with van der Waals surface area (Å²) in [7, 11) is -5.18. The first-order chi connectivity index (χ1) is 20.0. The molecule has 0 heterocycles. The monoisotopic (exact) mass is 601 g/mol. The molecule has 0 radical (unpaired) electrons. The normalized spacial score (nSPS) is 13.9. The second-order valence-electron chi connectivity index (χ2n) is 12.3. The highest BCUT2D eigenvalue weighted by Gasteiger charge is 2.41. The fraction of sp³-hybridized carbons (Fsp3) is 0.314. The molecule has 222 valence electrons. The molecule has 5 nitrogen and oxygen atoms in total. The molecule has 0 unspecified atom stereocenters. The number of hydrogen-bond donors (Lipinski definition) is 1. The first-order valence-corrected chi connectivity index (χ1v) is 19.8. The van der Waals surface area contributed by atoms with Crippen molar-refractivity contribution in [3.8, 4) is 0 Å². The minimum Gasteiger partial charge on any atom is -0.375 e. The van der Waals surface area contributed by atoms with Crippen LogP contribution in [0.3, 0.4) is 0 Å². The zero-order valence-electron chi connectivity index (χ0n) is 25.1. The molecule has 0 spiro atoms. The highest BCUT2D eigenvalue weighted by Crippen LogP contribution is 2.41. The van der Waals surface area contributed by atoms with Crippen molar-refractivity contribution < 1.29 is 17.9 Å². The van der Waals surface area contributed by atoms with Crippen molar-refractivity contribution in [1.29, 1.82) is 0 Å². The van der Waals surface area contributed by atoms with Gasteiger partial charge in [-0.25, -0.2) is 13.1 Å². The van der Waals surface area contributed by atoms with Gasteiger partial charge in [0.25, 0.3) is 0 Å². The summed E-state index contributed by atoms with van der Waals surface area (Å²) in [6.07, 6.45) is 0. The molecule has 0 fully saturated rings. The zero-order valence-corrected chi connectivity index (χ0v) is 26.9. The standard InChI is InChI=1S/C35H43NO4SSi/c1-34(28-39-27-30-17-9-5-10-18-30,36-41(37,38)25-26-42(2,3)4)29-40-35(31-19-11-6-12-20-31,32-21-13-7-14-22-32)33-23-15-8-16-24-33/h5-24,36H,25-29H2,1-4H3/t34-/m0/s1. The van der Waals surface area contributed by atoms with Gasteiger partial charge in [-0.3, -0.25) is 0 Å². The second kappa shape index (κ2) is 13.9. The van der Waals surface area contributed by atoms with Crippen molar-refractivity contribution in [3.63, 3.8) is 0 Å². The summed E-state index contributed by atoms with van der Waals surface area (Å²) in [5, 5.41) is 0. The fourth-order valence-electron chi connectivity index (χ4n) is 4.97. The summed E-state index contributed by atoms with van der Waals surface area (Å²) in [6.45, 7) is 9.00. The highest BCUT2D eigenvalue weighted by atomic mass is 32.2. The zero-order chi connectivity index (χ0) is 30.1. The van der Waals surface area contributed by atoms with E-state index in [-0.39, 0.29) is 19.0 Å². The summed E-state index contributed by atoms with van der Waals surface area (Å²) >= 11 is 0. The second-order valence-corrected chi connectivity index (χ2v) is 19.8. The Morgan fingerprint density at radius 3 is 1.52 bits per heavy atom. The first kappa shape index (κ1) is 31.9. The molecule has 0 aliphatic rings. The van der Waals surface area contributed by atoms with Crippen LogP contribution < -0.4 is 4.72 Å². The van der Waals surface area contributed by atoms with Gasteiger partial charge in [0.05, 0.1) is 31.1 Å². The van der Waals surface area contributed by atoms with Crippen molar-refractivity contribution in [1.82, 2.24) is 4.72 Å². The average molecular weight is 602 g/mol. The Morgan fingerprint density at radius 1 is 0.667 bits per heavy atom. The summed E-state index contributed by atoms with van der Waals surface area (Å²) in [5.74, 6) is 0.0815. The number of hydrogen-bond acceptors (Lipinski definition) is 4. The Hall–Kier alpha value is -3.07. The number of rotatable bonds is 15. The van der Waals surface area contributed by atoms with Crippen LogP contribution >= 0.6 is 0 Å². The van der Waals surface area contributed by atoms with Crippen molar-refractivity contribution in [3.05, 3.63) is 144 Å². The van der Waals surface area contributed by atoms with E-state index in [0.29, 0.717) is 12.7 Å². The maximum Gasteiger partial charge on any atom is 0.211 e. The van der Waals surface area contributed by atoms with Crippen LogP contribution in [0.1, 0.15) is 29.2 Å². The van der Waals surface area contributed by atoms with Gasteiger partial charge in [0, 0.05) is 8.07 Å². The molecule has 0 bridgehead atoms. The molecule has 1 atom stereocenters. The Labute approximate surface area is 253 Å². The molecule has 1 N–H and O–H groups in total. The third-order valence-corrected chi connectivity index (χ3v) is 10.9. The maximum absolute atomic E-state index is 13.5. The quantitative estimate of drug-likeness (QED) is 0.115. The number of sulfonamides is 1. The number of nitrogens with one attached hydrogen (secondary N) is 1. The number of ether oxygens (including phenoxy) is 2. The van der Waals surface area contributed by atoms with E-state index >= 15 is 0 Å². The molecule has 0 saturated heterocycles. The predicted octanol–water partition coefficient (Wildman–Crippen LogP) is 7.23. The van der Waals surface area contributed by atoms with E-state index in [1.165, 1.54) is 0 Å². The van der Waals surface area contributed by atoms with E-state index < -0.39 is 29.2 Å². The molecule has 0 aliphatic carbocycles. The van der Waals surface area contributed by atoms with Gasteiger partial charge in [-0.1, -0.05) is 141 Å². The van der Waals surface area contributed by atoms with E-state index in [1.807, 2.05) is 91.9 Å². The predicted molar refractivity (Wildman–Crippen MR) is 175 cm³/mol. The van der Waals surface area contributed by atoms with Crippen molar-refractivity contribution in [2.45, 2.75) is 50.4 Å². The Balaban J connectivity index is 1.71. The average Bonchev–Trinajstić information content (AvgIpc) is 2.98. The fourth-order valence-corrected chi connectivity index (χ4v) is 9.47. The van der Waals surface area contributed by atoms with Gasteiger partial charge in [0.2, 0.25) is 10.0 Å². The summed E-state index contributed by atoms with van der Waals surface area (Å²) in [6, 6.07) is 40.9. The van der Waals surface area contributed by atoms with Crippen LogP contribution in [-0.4, -0.2) is 41.0 Å². The van der Waals surface area contributed by atoms with Gasteiger partial charge in [-0.15, -0.1) is 0 Å². The smallest absolute Gasteiger partial charge is 0.211 e. The molecule has 4 aromatic rings. The maximum atomic E-state index is 13.5. The van der Waals surface area contributed by atoms with Crippen LogP contribution in [0.5, 0.6) is 0 Å². The molecule has 0 aliphatic heterocycles. The minimum absolute atomic E-state index is 0.0760. The molecule has 0 amide bonds. The summed E-state index contributed by atoms with van der Waals surface area (Å²) in [4.78, 5) is 0. The van der Waals surface area contributed by atoms with Gasteiger partial charge in [-0.2, -0.15) is 0 Å². The van der Waals surface area contributed by atoms with Crippen LogP contribution in [0.2, 0.25) is 25.7 Å². The molecule has 4 rings (SSSR count). The van der Waals surface area contributed by atoms with E-state index in [4.69, 9.17) is 9.47 Å². The molecule has 0 aromatic heterocycles. The third-order valence-electron chi connectivity index (χ3n) is 7.20. The summed E-state index contributed by atoms with van der Waals surface area (Å²) in [5.41, 5.74) is 1.88. The lowest BCUT2D eigenvalue weighted by Gasteiger charge is -2.40. The summed E-state index contributed by atoms with van der Waals surface area (Å²) < 4.78 is 43.1. The lowest BCUT2D eigenvalue weighted by molar-refractivity contribution is -0.0408. The van der Waals surface area contributed by atoms with Gasteiger partial charge in [-0.05, 0) is 35.2 Å². The molecular formula is C35H43NO4SSi. The largest absolute Gasteiger partial charge is 0.375 e. The van der Waals surface area contributed by atoms with E-state index in [1.54, 1.807) is 0 Å². The van der Waals surface area contributed by atoms with Gasteiger partial charge in [0.1, 0.15) is 5.60 Å². The Bertz CT molecular complexity index is 1380. The SMILES string of the molecule is C[C@](COCc1ccccc1)(COC(c1ccccc1)(c1ccccc1)c1ccccc1)NS(=O)(=O)CC[Si](C)(C)C. The molecule has 4 aromatic carbocycles. The third kappa shape index (κ3) is 8.72. The van der Waals surface area contributed by atoms with Gasteiger partial charge in [0.15, 0.2) is 0 Å². The van der Waals surface area contributed by atoms with Crippen LogP contribution in [0.25, 0.3) is 0 Å². The van der Waals surface area contributed by atoms with E-state index in [9.17, 15) is 8.42 Å². The lowest BCUT2D eigenvalue weighted by atomic mass is 9.80. The van der Waals surface area contributed by atoms with Crippen molar-refractivity contribution in [2.75, 3.05) is 19.0 Å². The van der Waals surface area contributed by atoms with Crippen LogP contribution in [-0.2, 0) is 31.7 Å². The topological polar surface area (TPSA) is 64.6 Å².